The molecular weight excluding hydrogens is 268 g/mol. The topological polar surface area (TPSA) is 103 Å². The molecule has 20 heavy (non-hydrogen) atoms. The molecule has 0 atom stereocenters. The van der Waals surface area contributed by atoms with E-state index in [0.29, 0.717) is 0 Å². The largest absolute Gasteiger partial charge is 0.465 e. The third-order valence-corrected chi connectivity index (χ3v) is 2.84. The molecular formula is C12H14N2O6. The van der Waals surface area contributed by atoms with Crippen LogP contribution in [0.2, 0.25) is 0 Å². The maximum Gasteiger partial charge on any atom is 0.433 e. The summed E-state index contributed by atoms with van der Waals surface area (Å²) in [6.07, 6.45) is 1.60. The minimum atomic E-state index is -0.719. The summed E-state index contributed by atoms with van der Waals surface area (Å²) >= 11 is 0. The molecule has 1 aliphatic carbocycles. The number of hydrogen-bond acceptors (Lipinski definition) is 6. The average molecular weight is 282 g/mol. The van der Waals surface area contributed by atoms with Crippen molar-refractivity contribution in [2.24, 2.45) is 0 Å². The standard InChI is InChI=1S/C12H14N2O6/c1-2-19-11(15)7-13(8-3-4-8)12(16)9-5-6-10(20-9)14(17)18/h5-6,8H,2-4,7H2,1H3. The first-order valence-corrected chi connectivity index (χ1v) is 6.23. The number of nitro groups is 1. The average Bonchev–Trinajstić information content (AvgIpc) is 3.11. The third-order valence-electron chi connectivity index (χ3n) is 2.84. The molecule has 1 fully saturated rings. The van der Waals surface area contributed by atoms with Crippen LogP contribution in [0.5, 0.6) is 0 Å². The van der Waals surface area contributed by atoms with E-state index in [4.69, 9.17) is 9.15 Å². The van der Waals surface area contributed by atoms with Gasteiger partial charge in [0.05, 0.1) is 12.7 Å². The quantitative estimate of drug-likeness (QED) is 0.443. The summed E-state index contributed by atoms with van der Waals surface area (Å²) in [6, 6.07) is 2.32. The fourth-order valence-electron chi connectivity index (χ4n) is 1.78. The predicted octanol–water partition coefficient (Wildman–Crippen LogP) is 1.36. The SMILES string of the molecule is CCOC(=O)CN(C(=O)c1ccc([N+](=O)[O-])o1)C1CC1. The van der Waals surface area contributed by atoms with Crippen LogP contribution in [0.1, 0.15) is 30.3 Å². The van der Waals surface area contributed by atoms with Gasteiger partial charge in [0.2, 0.25) is 0 Å². The summed E-state index contributed by atoms with van der Waals surface area (Å²) in [7, 11) is 0. The van der Waals surface area contributed by atoms with E-state index in [2.05, 4.69) is 0 Å². The summed E-state index contributed by atoms with van der Waals surface area (Å²) in [4.78, 5) is 34.8. The lowest BCUT2D eigenvalue weighted by atomic mass is 10.3. The van der Waals surface area contributed by atoms with E-state index in [1.165, 1.54) is 11.0 Å². The molecule has 1 aliphatic rings. The van der Waals surface area contributed by atoms with Crippen molar-refractivity contribution in [3.05, 3.63) is 28.0 Å². The molecule has 0 aromatic carbocycles. The number of ether oxygens (including phenoxy) is 1. The molecule has 0 bridgehead atoms. The number of nitrogens with zero attached hydrogens (tertiary/aromatic N) is 2. The normalized spacial score (nSPS) is 13.8. The molecule has 2 rings (SSSR count). The zero-order valence-electron chi connectivity index (χ0n) is 10.9. The molecule has 1 heterocycles. The lowest BCUT2D eigenvalue weighted by molar-refractivity contribution is -0.402. The van der Waals surface area contributed by atoms with Gasteiger partial charge in [0.25, 0.3) is 5.91 Å². The number of carbonyl (C=O) groups excluding carboxylic acids is 2. The van der Waals surface area contributed by atoms with Crippen LogP contribution in [0.4, 0.5) is 5.88 Å². The Kier molecular flexibility index (Phi) is 4.02. The second-order valence-electron chi connectivity index (χ2n) is 4.36. The van der Waals surface area contributed by atoms with Crippen LogP contribution in [-0.4, -0.2) is 40.9 Å². The molecule has 0 N–H and O–H groups in total. The van der Waals surface area contributed by atoms with E-state index in [0.717, 1.165) is 18.9 Å². The highest BCUT2D eigenvalue weighted by Crippen LogP contribution is 2.29. The number of carbonyl (C=O) groups is 2. The molecule has 0 radical (unpaired) electrons. The third kappa shape index (κ3) is 3.14. The summed E-state index contributed by atoms with van der Waals surface area (Å²) in [5.41, 5.74) is 0. The molecule has 8 nitrogen and oxygen atoms in total. The van der Waals surface area contributed by atoms with Crippen LogP contribution in [-0.2, 0) is 9.53 Å². The summed E-state index contributed by atoms with van der Waals surface area (Å²) in [5.74, 6) is -1.68. The van der Waals surface area contributed by atoms with Crippen molar-refractivity contribution >= 4 is 17.8 Å². The van der Waals surface area contributed by atoms with Gasteiger partial charge in [-0.25, -0.2) is 0 Å². The Balaban J connectivity index is 2.10. The van der Waals surface area contributed by atoms with Crippen molar-refractivity contribution in [1.29, 1.82) is 0 Å². The Bertz CT molecular complexity index is 534. The van der Waals surface area contributed by atoms with Crippen molar-refractivity contribution in [3.63, 3.8) is 0 Å². The molecule has 1 aromatic heterocycles. The van der Waals surface area contributed by atoms with Crippen molar-refractivity contribution in [2.75, 3.05) is 13.2 Å². The van der Waals surface area contributed by atoms with Crippen LogP contribution < -0.4 is 0 Å². The van der Waals surface area contributed by atoms with Crippen molar-refractivity contribution in [2.45, 2.75) is 25.8 Å². The van der Waals surface area contributed by atoms with Crippen molar-refractivity contribution < 1.29 is 23.7 Å². The van der Waals surface area contributed by atoms with E-state index < -0.39 is 22.7 Å². The fourth-order valence-corrected chi connectivity index (χ4v) is 1.78. The second kappa shape index (κ2) is 5.72. The number of hydrogen-bond donors (Lipinski definition) is 0. The van der Waals surface area contributed by atoms with Crippen LogP contribution in [0.25, 0.3) is 0 Å². The molecule has 1 amide bonds. The van der Waals surface area contributed by atoms with Crippen molar-refractivity contribution in [3.8, 4) is 0 Å². The van der Waals surface area contributed by atoms with Crippen molar-refractivity contribution in [1.82, 2.24) is 4.90 Å². The zero-order valence-corrected chi connectivity index (χ0v) is 10.9. The van der Waals surface area contributed by atoms with Gasteiger partial charge in [-0.1, -0.05) is 0 Å². The minimum absolute atomic E-state index is 0.0314. The maximum atomic E-state index is 12.2. The van der Waals surface area contributed by atoms with E-state index >= 15 is 0 Å². The van der Waals surface area contributed by atoms with Gasteiger partial charge in [-0.3, -0.25) is 19.7 Å². The highest BCUT2D eigenvalue weighted by Gasteiger charge is 2.36. The second-order valence-corrected chi connectivity index (χ2v) is 4.36. The van der Waals surface area contributed by atoms with Crippen LogP contribution in [0, 0.1) is 10.1 Å². The van der Waals surface area contributed by atoms with E-state index in [1.807, 2.05) is 0 Å². The molecule has 0 spiro atoms. The van der Waals surface area contributed by atoms with Gasteiger partial charge >= 0.3 is 11.9 Å². The summed E-state index contributed by atoms with van der Waals surface area (Å²) < 4.78 is 9.67. The lowest BCUT2D eigenvalue weighted by Crippen LogP contribution is -2.38. The van der Waals surface area contributed by atoms with Gasteiger partial charge in [-0.15, -0.1) is 0 Å². The Morgan fingerprint density at radius 1 is 1.50 bits per heavy atom. The van der Waals surface area contributed by atoms with E-state index in [9.17, 15) is 19.7 Å². The van der Waals surface area contributed by atoms with Crippen LogP contribution in [0.15, 0.2) is 16.5 Å². The van der Waals surface area contributed by atoms with Gasteiger partial charge in [0.15, 0.2) is 5.76 Å². The minimum Gasteiger partial charge on any atom is -0.465 e. The predicted molar refractivity (Wildman–Crippen MR) is 66.1 cm³/mol. The molecule has 1 saturated carbocycles. The van der Waals surface area contributed by atoms with Gasteiger partial charge in [-0.2, -0.15) is 0 Å². The molecule has 0 aliphatic heterocycles. The van der Waals surface area contributed by atoms with Gasteiger partial charge < -0.3 is 14.1 Å². The summed E-state index contributed by atoms with van der Waals surface area (Å²) in [5, 5.41) is 10.5. The number of amides is 1. The van der Waals surface area contributed by atoms with Gasteiger partial charge in [0, 0.05) is 6.04 Å². The highest BCUT2D eigenvalue weighted by atomic mass is 16.6. The zero-order chi connectivity index (χ0) is 14.7. The number of esters is 1. The number of rotatable bonds is 6. The fraction of sp³-hybridized carbons (Fsp3) is 0.500. The van der Waals surface area contributed by atoms with Crippen LogP contribution >= 0.6 is 0 Å². The number of furan rings is 1. The molecule has 0 unspecified atom stereocenters. The smallest absolute Gasteiger partial charge is 0.433 e. The van der Waals surface area contributed by atoms with Gasteiger partial charge in [0.1, 0.15) is 11.5 Å². The molecule has 0 saturated heterocycles. The molecule has 1 aromatic rings. The van der Waals surface area contributed by atoms with E-state index in [-0.39, 0.29) is 25.0 Å². The maximum absolute atomic E-state index is 12.2. The first-order chi connectivity index (χ1) is 9.52. The highest BCUT2D eigenvalue weighted by molar-refractivity contribution is 5.94. The Morgan fingerprint density at radius 3 is 2.70 bits per heavy atom. The molecule has 8 heteroatoms. The Morgan fingerprint density at radius 2 is 2.20 bits per heavy atom. The summed E-state index contributed by atoms with van der Waals surface area (Å²) in [6.45, 7) is 1.74. The van der Waals surface area contributed by atoms with Crippen LogP contribution in [0.3, 0.4) is 0 Å². The molecule has 108 valence electrons. The lowest BCUT2D eigenvalue weighted by Gasteiger charge is -2.19. The Hall–Kier alpha value is -2.38. The van der Waals surface area contributed by atoms with Gasteiger partial charge in [-0.05, 0) is 25.8 Å². The first-order valence-electron chi connectivity index (χ1n) is 6.23. The first kappa shape index (κ1) is 14.0. The monoisotopic (exact) mass is 282 g/mol. The van der Waals surface area contributed by atoms with E-state index in [1.54, 1.807) is 6.92 Å². The Labute approximate surface area is 114 Å².